The summed E-state index contributed by atoms with van der Waals surface area (Å²) >= 11 is 5.90. The van der Waals surface area contributed by atoms with Crippen LogP contribution in [-0.2, 0) is 24.3 Å². The molecule has 1 aromatic heterocycles. The van der Waals surface area contributed by atoms with Crippen molar-refractivity contribution in [2.45, 2.75) is 25.6 Å². The number of aliphatic hydroxyl groups is 1. The number of imidazole rings is 1. The Morgan fingerprint density at radius 3 is 2.47 bits per heavy atom. The van der Waals surface area contributed by atoms with Crippen LogP contribution >= 0.6 is 11.6 Å². The molecule has 5 nitrogen and oxygen atoms in total. The van der Waals surface area contributed by atoms with E-state index in [0.29, 0.717) is 23.9 Å². The summed E-state index contributed by atoms with van der Waals surface area (Å²) in [5.74, 6) is 0.496. The number of para-hydroxylation sites is 2. The molecule has 4 aromatic rings. The molecule has 0 saturated carbocycles. The Morgan fingerprint density at radius 2 is 1.70 bits per heavy atom. The third kappa shape index (κ3) is 4.70. The number of amides is 1. The third-order valence-corrected chi connectivity index (χ3v) is 5.25. The second kappa shape index (κ2) is 9.11. The summed E-state index contributed by atoms with van der Waals surface area (Å²) < 4.78 is 1.93. The second-order valence-corrected chi connectivity index (χ2v) is 7.57. The van der Waals surface area contributed by atoms with Crippen LogP contribution in [0.5, 0.6) is 0 Å². The lowest BCUT2D eigenvalue weighted by molar-refractivity contribution is -0.120. The van der Waals surface area contributed by atoms with Crippen molar-refractivity contribution in [1.82, 2.24) is 14.9 Å². The van der Waals surface area contributed by atoms with Gasteiger partial charge >= 0.3 is 0 Å². The van der Waals surface area contributed by atoms with Gasteiger partial charge in [-0.1, -0.05) is 66.2 Å². The van der Waals surface area contributed by atoms with Gasteiger partial charge in [0.05, 0.1) is 30.1 Å². The van der Waals surface area contributed by atoms with E-state index in [0.717, 1.165) is 22.2 Å². The van der Waals surface area contributed by atoms with Gasteiger partial charge in [-0.2, -0.15) is 0 Å². The average Bonchev–Trinajstić information content (AvgIpc) is 3.11. The number of nitrogens with one attached hydrogen (secondary N) is 1. The van der Waals surface area contributed by atoms with Crippen molar-refractivity contribution in [1.29, 1.82) is 0 Å². The molecule has 0 radical (unpaired) electrons. The van der Waals surface area contributed by atoms with Crippen molar-refractivity contribution in [3.05, 3.63) is 101 Å². The topological polar surface area (TPSA) is 67.2 Å². The van der Waals surface area contributed by atoms with Crippen molar-refractivity contribution < 1.29 is 9.90 Å². The number of fused-ring (bicyclic) bond motifs is 1. The molecule has 0 aliphatic heterocycles. The Kier molecular flexibility index (Phi) is 6.12. The number of aliphatic hydroxyl groups excluding tert-OH is 1. The fourth-order valence-electron chi connectivity index (χ4n) is 3.43. The zero-order chi connectivity index (χ0) is 20.9. The molecule has 1 heterocycles. The molecule has 0 spiro atoms. The molecule has 30 heavy (non-hydrogen) atoms. The lowest BCUT2D eigenvalue weighted by Gasteiger charge is -2.15. The van der Waals surface area contributed by atoms with Gasteiger partial charge in [0.2, 0.25) is 5.91 Å². The molecule has 0 saturated heterocycles. The van der Waals surface area contributed by atoms with E-state index in [2.05, 4.69) is 10.3 Å². The van der Waals surface area contributed by atoms with Gasteiger partial charge in [-0.25, -0.2) is 4.98 Å². The predicted octanol–water partition coefficient (Wildman–Crippen LogP) is 4.28. The maximum atomic E-state index is 12.6. The highest BCUT2D eigenvalue weighted by molar-refractivity contribution is 6.30. The standard InChI is InChI=1S/C24H22ClN3O2/c25-19-12-10-17(11-13-19)15-26-24(30)14-23-27-20-8-4-5-9-21(20)28(23)16-22(29)18-6-2-1-3-7-18/h1-13,22,29H,14-16H2,(H,26,30). The first-order valence-electron chi connectivity index (χ1n) is 9.78. The minimum absolute atomic E-state index is 0.129. The summed E-state index contributed by atoms with van der Waals surface area (Å²) in [6.07, 6.45) is -0.566. The van der Waals surface area contributed by atoms with E-state index in [1.807, 2.05) is 71.3 Å². The van der Waals surface area contributed by atoms with Crippen molar-refractivity contribution in [2.75, 3.05) is 0 Å². The Hall–Kier alpha value is -3.15. The van der Waals surface area contributed by atoms with Gasteiger partial charge in [-0.15, -0.1) is 0 Å². The van der Waals surface area contributed by atoms with Crippen LogP contribution in [0.1, 0.15) is 23.1 Å². The normalized spacial score (nSPS) is 12.1. The molecule has 1 amide bonds. The maximum absolute atomic E-state index is 12.6. The highest BCUT2D eigenvalue weighted by atomic mass is 35.5. The van der Waals surface area contributed by atoms with Gasteiger partial charge in [0, 0.05) is 11.6 Å². The van der Waals surface area contributed by atoms with Crippen LogP contribution < -0.4 is 5.32 Å². The summed E-state index contributed by atoms with van der Waals surface area (Å²) in [6.45, 7) is 0.743. The monoisotopic (exact) mass is 419 g/mol. The average molecular weight is 420 g/mol. The number of carbonyl (C=O) groups excluding carboxylic acids is 1. The minimum Gasteiger partial charge on any atom is -0.387 e. The van der Waals surface area contributed by atoms with E-state index in [4.69, 9.17) is 11.6 Å². The van der Waals surface area contributed by atoms with Gasteiger partial charge in [0.15, 0.2) is 0 Å². The van der Waals surface area contributed by atoms with Crippen molar-refractivity contribution in [3.63, 3.8) is 0 Å². The lowest BCUT2D eigenvalue weighted by Crippen LogP contribution is -2.26. The number of nitrogens with zero attached hydrogens (tertiary/aromatic N) is 2. The molecular formula is C24H22ClN3O2. The summed E-state index contributed by atoms with van der Waals surface area (Å²) in [5.41, 5.74) is 3.50. The molecule has 0 fully saturated rings. The number of hydrogen-bond donors (Lipinski definition) is 2. The molecule has 6 heteroatoms. The van der Waals surface area contributed by atoms with Gasteiger partial charge in [0.1, 0.15) is 5.82 Å². The van der Waals surface area contributed by atoms with Crippen LogP contribution in [0, 0.1) is 0 Å². The van der Waals surface area contributed by atoms with Gasteiger partial charge in [-0.3, -0.25) is 4.79 Å². The smallest absolute Gasteiger partial charge is 0.227 e. The highest BCUT2D eigenvalue weighted by Gasteiger charge is 2.17. The Balaban J connectivity index is 1.52. The second-order valence-electron chi connectivity index (χ2n) is 7.13. The Labute approximate surface area is 179 Å². The number of carbonyl (C=O) groups is 1. The molecule has 3 aromatic carbocycles. The van der Waals surface area contributed by atoms with E-state index in [9.17, 15) is 9.90 Å². The Bertz CT molecular complexity index is 1140. The van der Waals surface area contributed by atoms with E-state index in [1.54, 1.807) is 12.1 Å². The summed E-state index contributed by atoms with van der Waals surface area (Å²) in [6, 6.07) is 24.6. The highest BCUT2D eigenvalue weighted by Crippen LogP contribution is 2.22. The van der Waals surface area contributed by atoms with Crippen LogP contribution in [0.2, 0.25) is 5.02 Å². The maximum Gasteiger partial charge on any atom is 0.227 e. The van der Waals surface area contributed by atoms with Gasteiger partial charge < -0.3 is 15.0 Å². The number of hydrogen-bond acceptors (Lipinski definition) is 3. The molecule has 4 rings (SSSR count). The number of halogens is 1. The first-order valence-corrected chi connectivity index (χ1v) is 10.2. The minimum atomic E-state index is -0.695. The zero-order valence-corrected chi connectivity index (χ0v) is 17.1. The first kappa shape index (κ1) is 20.1. The van der Waals surface area contributed by atoms with Crippen LogP contribution in [0.25, 0.3) is 11.0 Å². The van der Waals surface area contributed by atoms with Gasteiger partial charge in [0.25, 0.3) is 0 Å². The van der Waals surface area contributed by atoms with Crippen molar-refractivity contribution >= 4 is 28.5 Å². The predicted molar refractivity (Wildman–Crippen MR) is 118 cm³/mol. The SMILES string of the molecule is O=C(Cc1nc2ccccc2n1CC(O)c1ccccc1)NCc1ccc(Cl)cc1. The molecule has 0 aliphatic carbocycles. The first-order chi connectivity index (χ1) is 14.6. The van der Waals surface area contributed by atoms with Crippen LogP contribution in [0.15, 0.2) is 78.9 Å². The van der Waals surface area contributed by atoms with E-state index in [1.165, 1.54) is 0 Å². The summed E-state index contributed by atoms with van der Waals surface area (Å²) in [5, 5.41) is 14.3. The lowest BCUT2D eigenvalue weighted by atomic mass is 10.1. The molecule has 1 unspecified atom stereocenters. The summed E-state index contributed by atoms with van der Waals surface area (Å²) in [7, 11) is 0. The Morgan fingerprint density at radius 1 is 1.00 bits per heavy atom. The van der Waals surface area contributed by atoms with Crippen LogP contribution in [0.4, 0.5) is 0 Å². The van der Waals surface area contributed by atoms with Crippen LogP contribution in [-0.4, -0.2) is 20.6 Å². The molecule has 0 bridgehead atoms. The molecule has 152 valence electrons. The molecule has 2 N–H and O–H groups in total. The molecule has 0 aliphatic rings. The largest absolute Gasteiger partial charge is 0.387 e. The van der Waals surface area contributed by atoms with E-state index >= 15 is 0 Å². The van der Waals surface area contributed by atoms with Crippen molar-refractivity contribution in [2.24, 2.45) is 0 Å². The molecular weight excluding hydrogens is 398 g/mol. The summed E-state index contributed by atoms with van der Waals surface area (Å²) in [4.78, 5) is 17.2. The number of rotatable bonds is 7. The van der Waals surface area contributed by atoms with Gasteiger partial charge in [-0.05, 0) is 35.4 Å². The van der Waals surface area contributed by atoms with E-state index < -0.39 is 6.10 Å². The third-order valence-electron chi connectivity index (χ3n) is 5.00. The van der Waals surface area contributed by atoms with Crippen LogP contribution in [0.3, 0.4) is 0 Å². The quantitative estimate of drug-likeness (QED) is 0.469. The fraction of sp³-hybridized carbons (Fsp3) is 0.167. The van der Waals surface area contributed by atoms with E-state index in [-0.39, 0.29) is 12.3 Å². The van der Waals surface area contributed by atoms with Crippen molar-refractivity contribution in [3.8, 4) is 0 Å². The molecule has 1 atom stereocenters. The number of aromatic nitrogens is 2. The fourth-order valence-corrected chi connectivity index (χ4v) is 3.55. The zero-order valence-electron chi connectivity index (χ0n) is 16.3. The number of benzene rings is 3.